The number of rotatable bonds is 7. The highest BCUT2D eigenvalue weighted by Crippen LogP contribution is 2.22. The lowest BCUT2D eigenvalue weighted by Crippen LogP contribution is -2.31. The molecule has 7 nitrogen and oxygen atoms in total. The van der Waals surface area contributed by atoms with Gasteiger partial charge in [0, 0.05) is 7.11 Å². The van der Waals surface area contributed by atoms with Gasteiger partial charge >= 0.3 is 0 Å². The highest BCUT2D eigenvalue weighted by atomic mass is 32.2. The van der Waals surface area contributed by atoms with Gasteiger partial charge in [0.25, 0.3) is 5.91 Å². The molecule has 0 radical (unpaired) electrons. The Morgan fingerprint density at radius 3 is 2.52 bits per heavy atom. The number of amides is 1. The van der Waals surface area contributed by atoms with E-state index in [2.05, 4.69) is 4.72 Å². The molecule has 21 heavy (non-hydrogen) atoms. The van der Waals surface area contributed by atoms with Gasteiger partial charge in [0.05, 0.1) is 23.1 Å². The number of nitrogens with two attached hydrogens (primary N) is 1. The molecule has 1 aromatic carbocycles. The summed E-state index contributed by atoms with van der Waals surface area (Å²) in [7, 11) is -2.28. The number of benzene rings is 1. The third-order valence-corrected chi connectivity index (χ3v) is 4.26. The fourth-order valence-electron chi connectivity index (χ4n) is 1.78. The Hall–Kier alpha value is -1.80. The number of phenols is 1. The second-order valence-corrected chi connectivity index (χ2v) is 6.76. The Labute approximate surface area is 124 Å². The number of carbonyl (C=O) groups is 1. The van der Waals surface area contributed by atoms with Crippen molar-refractivity contribution in [3.8, 4) is 5.75 Å². The molecule has 118 valence electrons. The SMILES string of the molecule is COC(CS(=O)(=O)Nc1ccc(O)cc1C(N)=O)C(C)C. The number of methoxy groups -OCH3 is 1. The molecule has 0 fully saturated rings. The number of anilines is 1. The Bertz CT molecular complexity index is 613. The molecule has 0 aliphatic carbocycles. The smallest absolute Gasteiger partial charge is 0.250 e. The molecule has 0 heterocycles. The van der Waals surface area contributed by atoms with Gasteiger partial charge in [-0.05, 0) is 24.1 Å². The Morgan fingerprint density at radius 1 is 1.43 bits per heavy atom. The van der Waals surface area contributed by atoms with E-state index in [9.17, 15) is 18.3 Å². The maximum absolute atomic E-state index is 12.1. The van der Waals surface area contributed by atoms with E-state index in [-0.39, 0.29) is 28.7 Å². The number of hydrogen-bond acceptors (Lipinski definition) is 5. The van der Waals surface area contributed by atoms with Gasteiger partial charge in [0.1, 0.15) is 5.75 Å². The van der Waals surface area contributed by atoms with Crippen LogP contribution in [0, 0.1) is 5.92 Å². The predicted octanol–water partition coefficient (Wildman–Crippen LogP) is 0.904. The fraction of sp³-hybridized carbons (Fsp3) is 0.462. The second kappa shape index (κ2) is 6.77. The van der Waals surface area contributed by atoms with Crippen LogP contribution in [-0.4, -0.2) is 38.4 Å². The lowest BCUT2D eigenvalue weighted by atomic mass is 10.1. The van der Waals surface area contributed by atoms with Crippen molar-refractivity contribution < 1.29 is 23.1 Å². The summed E-state index contributed by atoms with van der Waals surface area (Å²) >= 11 is 0. The van der Waals surface area contributed by atoms with Crippen molar-refractivity contribution >= 4 is 21.6 Å². The van der Waals surface area contributed by atoms with E-state index in [4.69, 9.17) is 10.5 Å². The van der Waals surface area contributed by atoms with E-state index >= 15 is 0 Å². The Kier molecular flexibility index (Phi) is 5.56. The molecule has 1 amide bonds. The third kappa shape index (κ3) is 4.91. The highest BCUT2D eigenvalue weighted by Gasteiger charge is 2.23. The summed E-state index contributed by atoms with van der Waals surface area (Å²) in [5.41, 5.74) is 5.10. The summed E-state index contributed by atoms with van der Waals surface area (Å²) in [5, 5.41) is 9.34. The molecule has 8 heteroatoms. The Balaban J connectivity index is 3.02. The molecule has 0 aliphatic heterocycles. The number of phenolic OH excluding ortho intramolecular Hbond substituents is 1. The number of nitrogens with one attached hydrogen (secondary N) is 1. The predicted molar refractivity (Wildman–Crippen MR) is 79.7 cm³/mol. The van der Waals surface area contributed by atoms with Gasteiger partial charge in [0.15, 0.2) is 0 Å². The molecule has 4 N–H and O–H groups in total. The van der Waals surface area contributed by atoms with Crippen LogP contribution in [0.25, 0.3) is 0 Å². The summed E-state index contributed by atoms with van der Waals surface area (Å²) < 4.78 is 31.7. The van der Waals surface area contributed by atoms with Crippen molar-refractivity contribution in [1.29, 1.82) is 0 Å². The number of ether oxygens (including phenoxy) is 1. The van der Waals surface area contributed by atoms with Crippen LogP contribution in [0.1, 0.15) is 24.2 Å². The first-order valence-electron chi connectivity index (χ1n) is 6.32. The van der Waals surface area contributed by atoms with Crippen molar-refractivity contribution in [3.63, 3.8) is 0 Å². The Morgan fingerprint density at radius 2 is 2.05 bits per heavy atom. The van der Waals surface area contributed by atoms with Gasteiger partial charge in [-0.15, -0.1) is 0 Å². The van der Waals surface area contributed by atoms with E-state index in [0.29, 0.717) is 0 Å². The summed E-state index contributed by atoms with van der Waals surface area (Å²) in [6.07, 6.45) is -0.475. The molecule has 0 aromatic heterocycles. The number of aromatic hydroxyl groups is 1. The summed E-state index contributed by atoms with van der Waals surface area (Å²) in [6.45, 7) is 3.69. The summed E-state index contributed by atoms with van der Waals surface area (Å²) in [4.78, 5) is 11.3. The lowest BCUT2D eigenvalue weighted by molar-refractivity contribution is 0.0829. The number of hydrogen-bond donors (Lipinski definition) is 3. The van der Waals surface area contributed by atoms with Crippen molar-refractivity contribution in [2.75, 3.05) is 17.6 Å². The van der Waals surface area contributed by atoms with Crippen molar-refractivity contribution in [2.24, 2.45) is 11.7 Å². The van der Waals surface area contributed by atoms with Gasteiger partial charge in [-0.1, -0.05) is 13.8 Å². The van der Waals surface area contributed by atoms with Gasteiger partial charge in [0.2, 0.25) is 10.0 Å². The van der Waals surface area contributed by atoms with E-state index in [1.807, 2.05) is 13.8 Å². The molecule has 0 spiro atoms. The van der Waals surface area contributed by atoms with Crippen molar-refractivity contribution in [1.82, 2.24) is 0 Å². The van der Waals surface area contributed by atoms with E-state index in [1.54, 1.807) is 0 Å². The van der Waals surface area contributed by atoms with Gasteiger partial charge < -0.3 is 15.6 Å². The normalized spacial score (nSPS) is 13.1. The number of primary amides is 1. The van der Waals surface area contributed by atoms with Gasteiger partial charge in [-0.25, -0.2) is 8.42 Å². The summed E-state index contributed by atoms with van der Waals surface area (Å²) in [6, 6.07) is 3.65. The molecule has 0 saturated heterocycles. The van der Waals surface area contributed by atoms with Crippen LogP contribution in [-0.2, 0) is 14.8 Å². The molecular formula is C13H20N2O5S. The van der Waals surface area contributed by atoms with Crippen LogP contribution >= 0.6 is 0 Å². The van der Waals surface area contributed by atoms with Gasteiger partial charge in [-0.3, -0.25) is 9.52 Å². The number of sulfonamides is 1. The zero-order valence-electron chi connectivity index (χ0n) is 12.2. The van der Waals surface area contributed by atoms with Crippen LogP contribution in [0.3, 0.4) is 0 Å². The molecule has 0 saturated carbocycles. The first-order valence-corrected chi connectivity index (χ1v) is 7.97. The van der Waals surface area contributed by atoms with Crippen LogP contribution in [0.15, 0.2) is 18.2 Å². The van der Waals surface area contributed by atoms with Crippen LogP contribution in [0.4, 0.5) is 5.69 Å². The molecule has 1 atom stereocenters. The topological polar surface area (TPSA) is 119 Å². The minimum Gasteiger partial charge on any atom is -0.508 e. The minimum atomic E-state index is -3.72. The molecule has 1 aromatic rings. The largest absolute Gasteiger partial charge is 0.508 e. The van der Waals surface area contributed by atoms with E-state index in [1.165, 1.54) is 19.2 Å². The number of carbonyl (C=O) groups excluding carboxylic acids is 1. The van der Waals surface area contributed by atoms with E-state index in [0.717, 1.165) is 6.07 Å². The molecular weight excluding hydrogens is 296 g/mol. The molecule has 0 aliphatic rings. The molecule has 1 rings (SSSR count). The third-order valence-electron chi connectivity index (χ3n) is 2.96. The maximum Gasteiger partial charge on any atom is 0.250 e. The maximum atomic E-state index is 12.1. The average molecular weight is 316 g/mol. The first kappa shape index (κ1) is 17.3. The first-order chi connectivity index (χ1) is 9.66. The highest BCUT2D eigenvalue weighted by molar-refractivity contribution is 7.92. The molecule has 1 unspecified atom stereocenters. The van der Waals surface area contributed by atoms with Crippen LogP contribution < -0.4 is 10.5 Å². The van der Waals surface area contributed by atoms with Crippen molar-refractivity contribution in [2.45, 2.75) is 20.0 Å². The molecule has 0 bridgehead atoms. The quantitative estimate of drug-likeness (QED) is 0.646. The van der Waals surface area contributed by atoms with Gasteiger partial charge in [-0.2, -0.15) is 0 Å². The van der Waals surface area contributed by atoms with Crippen LogP contribution in [0.5, 0.6) is 5.75 Å². The van der Waals surface area contributed by atoms with Crippen molar-refractivity contribution in [3.05, 3.63) is 23.8 Å². The zero-order valence-corrected chi connectivity index (χ0v) is 13.0. The standard InChI is InChI=1S/C13H20N2O5S/c1-8(2)12(20-3)7-21(18,19)15-11-5-4-9(16)6-10(11)13(14)17/h4-6,8,12,15-16H,7H2,1-3H3,(H2,14,17). The minimum absolute atomic E-state index is 0.0157. The second-order valence-electron chi connectivity index (χ2n) is 5.00. The monoisotopic (exact) mass is 316 g/mol. The summed E-state index contributed by atoms with van der Waals surface area (Å²) in [5.74, 6) is -1.25. The van der Waals surface area contributed by atoms with Crippen LogP contribution in [0.2, 0.25) is 0 Å². The zero-order chi connectivity index (χ0) is 16.2. The average Bonchev–Trinajstić information content (AvgIpc) is 2.37. The van der Waals surface area contributed by atoms with E-state index < -0.39 is 22.0 Å². The lowest BCUT2D eigenvalue weighted by Gasteiger charge is -2.20. The fourth-order valence-corrected chi connectivity index (χ4v) is 3.33.